The molecular weight excluding hydrogens is 270 g/mol. The van der Waals surface area contributed by atoms with E-state index in [2.05, 4.69) is 5.16 Å². The molecule has 1 heterocycles. The van der Waals surface area contributed by atoms with Gasteiger partial charge in [0.2, 0.25) is 5.88 Å². The largest absolute Gasteiger partial charge is 0.367 e. The Labute approximate surface area is 114 Å². The van der Waals surface area contributed by atoms with E-state index in [1.54, 1.807) is 6.07 Å². The maximum absolute atomic E-state index is 10.8. The summed E-state index contributed by atoms with van der Waals surface area (Å²) in [6, 6.07) is 4.27. The van der Waals surface area contributed by atoms with Gasteiger partial charge in [-0.2, -0.15) is 0 Å². The fourth-order valence-electron chi connectivity index (χ4n) is 1.89. The van der Waals surface area contributed by atoms with Crippen LogP contribution in [0, 0.1) is 10.1 Å². The van der Waals surface area contributed by atoms with Gasteiger partial charge in [0.15, 0.2) is 0 Å². The van der Waals surface area contributed by atoms with E-state index in [4.69, 9.17) is 21.9 Å². The molecule has 2 rings (SSSR count). The molecule has 0 radical (unpaired) electrons. The number of anilines is 1. The van der Waals surface area contributed by atoms with Crippen LogP contribution in [0.4, 0.5) is 11.6 Å². The lowest BCUT2D eigenvalue weighted by Gasteiger charge is -2.05. The first-order chi connectivity index (χ1) is 8.90. The van der Waals surface area contributed by atoms with Gasteiger partial charge in [-0.25, -0.2) is 0 Å². The monoisotopic (exact) mass is 281 g/mol. The molecule has 0 spiro atoms. The summed E-state index contributed by atoms with van der Waals surface area (Å²) in [6.07, 6.45) is 0. The first-order valence-corrected chi connectivity index (χ1v) is 5.98. The molecule has 6 nitrogen and oxygen atoms in total. The van der Waals surface area contributed by atoms with Crippen LogP contribution in [0.2, 0.25) is 5.02 Å². The lowest BCUT2D eigenvalue weighted by Crippen LogP contribution is -1.95. The summed E-state index contributed by atoms with van der Waals surface area (Å²) in [6.45, 7) is 3.87. The van der Waals surface area contributed by atoms with Gasteiger partial charge in [-0.05, 0) is 12.0 Å². The highest BCUT2D eigenvalue weighted by Gasteiger charge is 2.20. The van der Waals surface area contributed by atoms with E-state index in [1.807, 2.05) is 13.8 Å². The van der Waals surface area contributed by atoms with Crippen LogP contribution in [-0.4, -0.2) is 10.1 Å². The van der Waals surface area contributed by atoms with Gasteiger partial charge in [-0.3, -0.25) is 10.1 Å². The second kappa shape index (κ2) is 4.89. The summed E-state index contributed by atoms with van der Waals surface area (Å²) in [4.78, 5) is 10.3. The van der Waals surface area contributed by atoms with Crippen molar-refractivity contribution >= 4 is 23.2 Å². The Hall–Kier alpha value is -2.08. The average molecular weight is 282 g/mol. The first kappa shape index (κ1) is 13.4. The third kappa shape index (κ3) is 2.53. The van der Waals surface area contributed by atoms with Gasteiger partial charge in [0.1, 0.15) is 5.69 Å². The van der Waals surface area contributed by atoms with Crippen molar-refractivity contribution in [1.82, 2.24) is 5.16 Å². The Bertz CT molecular complexity index is 637. The van der Waals surface area contributed by atoms with E-state index in [0.29, 0.717) is 11.3 Å². The van der Waals surface area contributed by atoms with Gasteiger partial charge in [0.05, 0.1) is 4.92 Å². The predicted octanol–water partition coefficient (Wildman–Crippen LogP) is 3.61. The molecule has 0 unspecified atom stereocenters. The molecule has 0 aliphatic heterocycles. The quantitative estimate of drug-likeness (QED) is 0.685. The Morgan fingerprint density at radius 3 is 2.68 bits per heavy atom. The maximum Gasteiger partial charge on any atom is 0.271 e. The zero-order chi connectivity index (χ0) is 14.2. The Morgan fingerprint density at radius 2 is 2.11 bits per heavy atom. The van der Waals surface area contributed by atoms with Crippen molar-refractivity contribution in [2.45, 2.75) is 19.8 Å². The van der Waals surface area contributed by atoms with Crippen LogP contribution in [0.5, 0.6) is 0 Å². The number of nitrogens with zero attached hydrogens (tertiary/aromatic N) is 2. The Morgan fingerprint density at radius 1 is 1.42 bits per heavy atom. The van der Waals surface area contributed by atoms with Crippen LogP contribution >= 0.6 is 11.6 Å². The fraction of sp³-hybridized carbons (Fsp3) is 0.250. The fourth-order valence-corrected chi connectivity index (χ4v) is 2.12. The van der Waals surface area contributed by atoms with E-state index in [9.17, 15) is 10.1 Å². The Kier molecular flexibility index (Phi) is 3.44. The number of hydrogen-bond acceptors (Lipinski definition) is 5. The van der Waals surface area contributed by atoms with E-state index in [1.165, 1.54) is 12.1 Å². The molecule has 0 bridgehead atoms. The van der Waals surface area contributed by atoms with Crippen LogP contribution in [0.1, 0.15) is 25.3 Å². The van der Waals surface area contributed by atoms with Crippen molar-refractivity contribution in [2.75, 3.05) is 5.73 Å². The van der Waals surface area contributed by atoms with Crippen molar-refractivity contribution in [3.63, 3.8) is 0 Å². The Balaban J connectivity index is 2.62. The molecule has 2 aromatic rings. The second-order valence-electron chi connectivity index (χ2n) is 4.42. The number of nitro groups is 1. The van der Waals surface area contributed by atoms with Crippen LogP contribution < -0.4 is 5.73 Å². The highest BCUT2D eigenvalue weighted by molar-refractivity contribution is 6.31. The van der Waals surface area contributed by atoms with E-state index in [0.717, 1.165) is 5.56 Å². The van der Waals surface area contributed by atoms with E-state index < -0.39 is 4.92 Å². The minimum Gasteiger partial charge on any atom is -0.367 e. The summed E-state index contributed by atoms with van der Waals surface area (Å²) in [5, 5.41) is 15.0. The molecular formula is C12H12ClN3O3. The van der Waals surface area contributed by atoms with Gasteiger partial charge < -0.3 is 10.3 Å². The lowest BCUT2D eigenvalue weighted by molar-refractivity contribution is -0.384. The smallest absolute Gasteiger partial charge is 0.271 e. The maximum atomic E-state index is 10.8. The molecule has 0 atom stereocenters. The molecule has 0 fully saturated rings. The number of halogens is 1. The van der Waals surface area contributed by atoms with Gasteiger partial charge in [-0.1, -0.05) is 30.6 Å². The van der Waals surface area contributed by atoms with Crippen LogP contribution in [0.25, 0.3) is 11.3 Å². The molecule has 19 heavy (non-hydrogen) atoms. The molecule has 2 N–H and O–H groups in total. The van der Waals surface area contributed by atoms with Gasteiger partial charge in [-0.15, -0.1) is 0 Å². The lowest BCUT2D eigenvalue weighted by atomic mass is 9.98. The first-order valence-electron chi connectivity index (χ1n) is 5.60. The number of nitrogens with two attached hydrogens (primary N) is 1. The third-order valence-electron chi connectivity index (χ3n) is 2.70. The zero-order valence-corrected chi connectivity index (χ0v) is 11.1. The number of hydrogen-bond donors (Lipinski definition) is 1. The minimum absolute atomic E-state index is 0.0827. The summed E-state index contributed by atoms with van der Waals surface area (Å²) in [7, 11) is 0. The standard InChI is InChI=1S/C12H12ClN3O3/c1-6(2)10-11(15-19-12(10)14)7-3-8(13)5-9(4-7)16(17)18/h3-6H,14H2,1-2H3. The summed E-state index contributed by atoms with van der Waals surface area (Å²) in [5.41, 5.74) is 7.34. The molecule has 100 valence electrons. The number of benzene rings is 1. The average Bonchev–Trinajstić information content (AvgIpc) is 2.70. The molecule has 7 heteroatoms. The van der Waals surface area contributed by atoms with Crippen LogP contribution in [0.15, 0.2) is 22.7 Å². The molecule has 0 amide bonds. The number of rotatable bonds is 3. The molecule has 0 aliphatic rings. The number of nitro benzene ring substituents is 1. The summed E-state index contributed by atoms with van der Waals surface area (Å²) >= 11 is 5.89. The van der Waals surface area contributed by atoms with Crippen molar-refractivity contribution in [2.24, 2.45) is 0 Å². The predicted molar refractivity (Wildman–Crippen MR) is 72.1 cm³/mol. The van der Waals surface area contributed by atoms with E-state index >= 15 is 0 Å². The minimum atomic E-state index is -0.506. The highest BCUT2D eigenvalue weighted by atomic mass is 35.5. The van der Waals surface area contributed by atoms with Crippen molar-refractivity contribution in [3.8, 4) is 11.3 Å². The molecule has 1 aromatic heterocycles. The molecule has 1 aromatic carbocycles. The van der Waals surface area contributed by atoms with Crippen molar-refractivity contribution in [3.05, 3.63) is 38.9 Å². The second-order valence-corrected chi connectivity index (χ2v) is 4.86. The van der Waals surface area contributed by atoms with Crippen LogP contribution in [-0.2, 0) is 0 Å². The van der Waals surface area contributed by atoms with Gasteiger partial charge >= 0.3 is 0 Å². The zero-order valence-electron chi connectivity index (χ0n) is 10.4. The number of non-ortho nitro benzene ring substituents is 1. The van der Waals surface area contributed by atoms with Crippen LogP contribution in [0.3, 0.4) is 0 Å². The highest BCUT2D eigenvalue weighted by Crippen LogP contribution is 2.35. The number of nitrogen functional groups attached to an aromatic ring is 1. The van der Waals surface area contributed by atoms with Crippen molar-refractivity contribution < 1.29 is 9.45 Å². The summed E-state index contributed by atoms with van der Waals surface area (Å²) < 4.78 is 4.97. The molecule has 0 saturated carbocycles. The third-order valence-corrected chi connectivity index (χ3v) is 2.92. The molecule has 0 saturated heterocycles. The van der Waals surface area contributed by atoms with Gasteiger partial charge in [0, 0.05) is 28.3 Å². The normalized spacial score (nSPS) is 10.9. The number of aromatic nitrogens is 1. The van der Waals surface area contributed by atoms with Crippen molar-refractivity contribution in [1.29, 1.82) is 0 Å². The SMILES string of the molecule is CC(C)c1c(-c2cc(Cl)cc([N+](=O)[O-])c2)noc1N. The van der Waals surface area contributed by atoms with Gasteiger partial charge in [0.25, 0.3) is 5.69 Å². The van der Waals surface area contributed by atoms with E-state index in [-0.39, 0.29) is 22.5 Å². The topological polar surface area (TPSA) is 95.2 Å². The summed E-state index contributed by atoms with van der Waals surface area (Å²) in [5.74, 6) is 0.298. The molecule has 0 aliphatic carbocycles.